The fraction of sp³-hybridized carbons (Fsp3) is 0.455. The van der Waals surface area contributed by atoms with Crippen molar-refractivity contribution in [2.75, 3.05) is 26.7 Å². The number of pyridine rings is 1. The molecule has 5 heteroatoms. The SMILES string of the molecule is CN1CCN(C(N)=O)C(c2ccccn2)C1. The Morgan fingerprint density at radius 1 is 1.50 bits per heavy atom. The molecule has 1 aromatic heterocycles. The maximum absolute atomic E-state index is 11.3. The third kappa shape index (κ3) is 2.14. The average molecular weight is 220 g/mol. The van der Waals surface area contributed by atoms with E-state index in [1.807, 2.05) is 25.2 Å². The van der Waals surface area contributed by atoms with Gasteiger partial charge in [0.25, 0.3) is 0 Å². The molecule has 2 heterocycles. The second-order valence-corrected chi connectivity index (χ2v) is 4.06. The number of nitrogens with zero attached hydrogens (tertiary/aromatic N) is 3. The molecule has 86 valence electrons. The van der Waals surface area contributed by atoms with Crippen LogP contribution in [0.5, 0.6) is 0 Å². The van der Waals surface area contributed by atoms with Gasteiger partial charge in [-0.1, -0.05) is 6.07 Å². The molecule has 1 unspecified atom stereocenters. The van der Waals surface area contributed by atoms with Crippen molar-refractivity contribution >= 4 is 6.03 Å². The highest BCUT2D eigenvalue weighted by atomic mass is 16.2. The molecule has 0 bridgehead atoms. The molecule has 2 amide bonds. The number of amides is 2. The van der Waals surface area contributed by atoms with E-state index in [2.05, 4.69) is 9.88 Å². The van der Waals surface area contributed by atoms with Crippen LogP contribution in [0.4, 0.5) is 4.79 Å². The lowest BCUT2D eigenvalue weighted by molar-refractivity contribution is 0.112. The van der Waals surface area contributed by atoms with Crippen molar-refractivity contribution in [1.29, 1.82) is 0 Å². The van der Waals surface area contributed by atoms with Crippen LogP contribution in [0.2, 0.25) is 0 Å². The predicted octanol–water partition coefficient (Wildman–Crippen LogP) is 0.449. The van der Waals surface area contributed by atoms with E-state index in [4.69, 9.17) is 5.73 Å². The van der Waals surface area contributed by atoms with Crippen LogP contribution < -0.4 is 5.73 Å². The third-order valence-corrected chi connectivity index (χ3v) is 2.90. The molecule has 5 nitrogen and oxygen atoms in total. The Balaban J connectivity index is 2.24. The molecule has 0 spiro atoms. The van der Waals surface area contributed by atoms with Crippen LogP contribution in [-0.2, 0) is 0 Å². The first-order chi connectivity index (χ1) is 7.68. The number of aromatic nitrogens is 1. The van der Waals surface area contributed by atoms with Crippen molar-refractivity contribution in [3.8, 4) is 0 Å². The molecule has 0 saturated carbocycles. The Hall–Kier alpha value is -1.62. The van der Waals surface area contributed by atoms with Gasteiger partial charge in [-0.05, 0) is 19.2 Å². The Morgan fingerprint density at radius 3 is 2.94 bits per heavy atom. The molecule has 1 aromatic rings. The zero-order valence-electron chi connectivity index (χ0n) is 9.34. The summed E-state index contributed by atoms with van der Waals surface area (Å²) in [7, 11) is 2.04. The molecule has 1 aliphatic heterocycles. The van der Waals surface area contributed by atoms with E-state index in [1.165, 1.54) is 0 Å². The van der Waals surface area contributed by atoms with Gasteiger partial charge in [-0.25, -0.2) is 4.79 Å². The van der Waals surface area contributed by atoms with Gasteiger partial charge < -0.3 is 15.5 Å². The van der Waals surface area contributed by atoms with E-state index in [1.54, 1.807) is 11.1 Å². The second-order valence-electron chi connectivity index (χ2n) is 4.06. The zero-order valence-corrected chi connectivity index (χ0v) is 9.34. The first-order valence-corrected chi connectivity index (χ1v) is 5.34. The van der Waals surface area contributed by atoms with Crippen LogP contribution in [0.25, 0.3) is 0 Å². The summed E-state index contributed by atoms with van der Waals surface area (Å²) in [5.74, 6) is 0. The Bertz CT molecular complexity index is 368. The van der Waals surface area contributed by atoms with Crippen LogP contribution in [-0.4, -0.2) is 47.5 Å². The summed E-state index contributed by atoms with van der Waals surface area (Å²) in [5.41, 5.74) is 6.28. The topological polar surface area (TPSA) is 62.5 Å². The fourth-order valence-electron chi connectivity index (χ4n) is 2.01. The van der Waals surface area contributed by atoms with Gasteiger partial charge in [0.1, 0.15) is 0 Å². The minimum atomic E-state index is -0.372. The smallest absolute Gasteiger partial charge is 0.315 e. The van der Waals surface area contributed by atoms with E-state index in [-0.39, 0.29) is 12.1 Å². The summed E-state index contributed by atoms with van der Waals surface area (Å²) in [6, 6.07) is 5.32. The zero-order chi connectivity index (χ0) is 11.5. The van der Waals surface area contributed by atoms with Crippen molar-refractivity contribution in [1.82, 2.24) is 14.8 Å². The standard InChI is InChI=1S/C11H16N4O/c1-14-6-7-15(11(12)16)10(8-14)9-4-2-3-5-13-9/h2-5,10H,6-8H2,1H3,(H2,12,16). The average Bonchev–Trinajstić information content (AvgIpc) is 2.29. The minimum absolute atomic E-state index is 0.0301. The number of nitrogens with two attached hydrogens (primary N) is 1. The minimum Gasteiger partial charge on any atom is -0.351 e. The summed E-state index contributed by atoms with van der Waals surface area (Å²) in [4.78, 5) is 19.5. The molecule has 0 radical (unpaired) electrons. The second kappa shape index (κ2) is 4.49. The number of primary amides is 1. The van der Waals surface area contributed by atoms with Crippen LogP contribution in [0.3, 0.4) is 0 Å². The van der Waals surface area contributed by atoms with Gasteiger partial charge >= 0.3 is 6.03 Å². The van der Waals surface area contributed by atoms with Crippen molar-refractivity contribution in [3.05, 3.63) is 30.1 Å². The summed E-state index contributed by atoms with van der Waals surface area (Å²) >= 11 is 0. The highest BCUT2D eigenvalue weighted by molar-refractivity contribution is 5.72. The lowest BCUT2D eigenvalue weighted by Crippen LogP contribution is -2.51. The molecule has 1 saturated heterocycles. The quantitative estimate of drug-likeness (QED) is 0.747. The number of carbonyl (C=O) groups is 1. The molecule has 2 rings (SSSR count). The molecule has 2 N–H and O–H groups in total. The lowest BCUT2D eigenvalue weighted by Gasteiger charge is -2.38. The molecule has 1 atom stereocenters. The molecular weight excluding hydrogens is 204 g/mol. The summed E-state index contributed by atoms with van der Waals surface area (Å²) in [6.45, 7) is 2.29. The first-order valence-electron chi connectivity index (χ1n) is 5.34. The molecule has 1 aliphatic rings. The Labute approximate surface area is 94.9 Å². The van der Waals surface area contributed by atoms with Gasteiger partial charge in [0.05, 0.1) is 11.7 Å². The Morgan fingerprint density at radius 2 is 2.31 bits per heavy atom. The van der Waals surface area contributed by atoms with E-state index in [9.17, 15) is 4.79 Å². The molecule has 1 fully saturated rings. The van der Waals surface area contributed by atoms with Crippen LogP contribution in [0.15, 0.2) is 24.4 Å². The van der Waals surface area contributed by atoms with E-state index in [0.717, 1.165) is 18.8 Å². The van der Waals surface area contributed by atoms with Crippen molar-refractivity contribution in [3.63, 3.8) is 0 Å². The molecular formula is C11H16N4O. The highest BCUT2D eigenvalue weighted by Crippen LogP contribution is 2.22. The van der Waals surface area contributed by atoms with Gasteiger partial charge in [-0.2, -0.15) is 0 Å². The number of carbonyl (C=O) groups excluding carboxylic acids is 1. The maximum atomic E-state index is 11.3. The first kappa shape index (κ1) is 10.9. The van der Waals surface area contributed by atoms with Gasteiger partial charge in [0.15, 0.2) is 0 Å². The number of urea groups is 1. The normalized spacial score (nSPS) is 22.1. The third-order valence-electron chi connectivity index (χ3n) is 2.90. The van der Waals surface area contributed by atoms with Crippen LogP contribution >= 0.6 is 0 Å². The number of rotatable bonds is 1. The van der Waals surface area contributed by atoms with Crippen LogP contribution in [0.1, 0.15) is 11.7 Å². The Kier molecular flexibility index (Phi) is 3.05. The van der Waals surface area contributed by atoms with Gasteiger partial charge in [0, 0.05) is 25.8 Å². The summed E-state index contributed by atoms with van der Waals surface area (Å²) in [5, 5.41) is 0. The van der Waals surface area contributed by atoms with Crippen LogP contribution in [0, 0.1) is 0 Å². The van der Waals surface area contributed by atoms with E-state index < -0.39 is 0 Å². The number of likely N-dealkylation sites (N-methyl/N-ethyl adjacent to an activating group) is 1. The van der Waals surface area contributed by atoms with Crippen molar-refractivity contribution < 1.29 is 4.79 Å². The molecule has 0 aliphatic carbocycles. The summed E-state index contributed by atoms with van der Waals surface area (Å²) < 4.78 is 0. The van der Waals surface area contributed by atoms with Gasteiger partial charge in [0.2, 0.25) is 0 Å². The monoisotopic (exact) mass is 220 g/mol. The number of hydrogen-bond donors (Lipinski definition) is 1. The van der Waals surface area contributed by atoms with Crippen molar-refractivity contribution in [2.45, 2.75) is 6.04 Å². The fourth-order valence-corrected chi connectivity index (χ4v) is 2.01. The number of piperazine rings is 1. The lowest BCUT2D eigenvalue weighted by atomic mass is 10.1. The molecule has 0 aromatic carbocycles. The van der Waals surface area contributed by atoms with Crippen molar-refractivity contribution in [2.24, 2.45) is 5.73 Å². The van der Waals surface area contributed by atoms with Gasteiger partial charge in [-0.3, -0.25) is 4.98 Å². The van der Waals surface area contributed by atoms with E-state index >= 15 is 0 Å². The predicted molar refractivity (Wildman–Crippen MR) is 60.8 cm³/mol. The molecule has 16 heavy (non-hydrogen) atoms. The van der Waals surface area contributed by atoms with Gasteiger partial charge in [-0.15, -0.1) is 0 Å². The van der Waals surface area contributed by atoms with E-state index in [0.29, 0.717) is 6.54 Å². The largest absolute Gasteiger partial charge is 0.351 e. The maximum Gasteiger partial charge on any atom is 0.315 e. The summed E-state index contributed by atoms with van der Waals surface area (Å²) in [6.07, 6.45) is 1.74. The number of hydrogen-bond acceptors (Lipinski definition) is 3. The highest BCUT2D eigenvalue weighted by Gasteiger charge is 2.29.